The Labute approximate surface area is 170 Å². The molecule has 4 rings (SSSR count). The van der Waals surface area contributed by atoms with E-state index in [2.05, 4.69) is 4.98 Å². The van der Waals surface area contributed by atoms with Gasteiger partial charge in [-0.25, -0.2) is 4.39 Å². The molecule has 2 fully saturated rings. The van der Waals surface area contributed by atoms with Crippen LogP contribution >= 0.6 is 0 Å². The molecule has 0 radical (unpaired) electrons. The Kier molecular flexibility index (Phi) is 5.60. The average molecular weight is 395 g/mol. The van der Waals surface area contributed by atoms with Crippen molar-refractivity contribution in [2.24, 2.45) is 5.41 Å². The predicted molar refractivity (Wildman–Crippen MR) is 107 cm³/mol. The minimum atomic E-state index is -1.61. The molecule has 2 saturated heterocycles. The zero-order valence-corrected chi connectivity index (χ0v) is 16.5. The number of alkyl halides is 1. The topological polar surface area (TPSA) is 53.5 Å². The van der Waals surface area contributed by atoms with E-state index in [1.165, 1.54) is 0 Å². The van der Waals surface area contributed by atoms with Crippen LogP contribution in [-0.2, 0) is 16.1 Å². The van der Waals surface area contributed by atoms with Crippen molar-refractivity contribution in [1.29, 1.82) is 0 Å². The third-order valence-corrected chi connectivity index (χ3v) is 6.27. The van der Waals surface area contributed by atoms with Crippen LogP contribution in [0, 0.1) is 5.41 Å². The zero-order valence-electron chi connectivity index (χ0n) is 16.5. The van der Waals surface area contributed by atoms with Crippen molar-refractivity contribution in [2.45, 2.75) is 38.4 Å². The average Bonchev–Trinajstić information content (AvgIpc) is 2.77. The van der Waals surface area contributed by atoms with E-state index in [0.717, 1.165) is 25.0 Å². The summed E-state index contributed by atoms with van der Waals surface area (Å²) in [5, 5.41) is 0. The largest absolute Gasteiger partial charge is 0.340 e. The van der Waals surface area contributed by atoms with Crippen molar-refractivity contribution in [2.75, 3.05) is 19.6 Å². The molecule has 5 nitrogen and oxygen atoms in total. The lowest BCUT2D eigenvalue weighted by molar-refractivity contribution is -0.145. The summed E-state index contributed by atoms with van der Waals surface area (Å²) < 4.78 is 14.7. The predicted octanol–water partition coefficient (Wildman–Crippen LogP) is 3.52. The molecule has 3 heterocycles. The van der Waals surface area contributed by atoms with Gasteiger partial charge >= 0.3 is 0 Å². The smallest absolute Gasteiger partial charge is 0.261 e. The quantitative estimate of drug-likeness (QED) is 0.796. The maximum Gasteiger partial charge on any atom is 0.261 e. The van der Waals surface area contributed by atoms with Crippen molar-refractivity contribution in [3.05, 3.63) is 66.0 Å². The molecule has 1 aromatic heterocycles. The van der Waals surface area contributed by atoms with Gasteiger partial charge in [0.15, 0.2) is 0 Å². The monoisotopic (exact) mass is 395 g/mol. The first-order valence-corrected chi connectivity index (χ1v) is 10.2. The van der Waals surface area contributed by atoms with Crippen LogP contribution in [0.5, 0.6) is 0 Å². The van der Waals surface area contributed by atoms with E-state index in [-0.39, 0.29) is 11.3 Å². The van der Waals surface area contributed by atoms with Gasteiger partial charge in [-0.15, -0.1) is 0 Å². The molecule has 29 heavy (non-hydrogen) atoms. The first-order chi connectivity index (χ1) is 14.1. The second kappa shape index (κ2) is 8.31. The van der Waals surface area contributed by atoms with Gasteiger partial charge in [0.05, 0.1) is 12.2 Å². The molecule has 0 unspecified atom stereocenters. The number of benzene rings is 1. The number of rotatable bonds is 4. The van der Waals surface area contributed by atoms with Gasteiger partial charge in [0.25, 0.3) is 5.91 Å². The first-order valence-electron chi connectivity index (χ1n) is 10.2. The second-order valence-corrected chi connectivity index (χ2v) is 8.17. The number of hydrogen-bond acceptors (Lipinski definition) is 3. The van der Waals surface area contributed by atoms with Crippen LogP contribution < -0.4 is 0 Å². The summed E-state index contributed by atoms with van der Waals surface area (Å²) in [5.41, 5.74) is 1.30. The Morgan fingerprint density at radius 2 is 1.79 bits per heavy atom. The van der Waals surface area contributed by atoms with Gasteiger partial charge in [-0.3, -0.25) is 14.6 Å². The molecule has 6 heteroatoms. The van der Waals surface area contributed by atoms with Gasteiger partial charge in [-0.05, 0) is 42.4 Å². The summed E-state index contributed by atoms with van der Waals surface area (Å²) in [6.07, 6.45) is 3.09. The molecule has 0 saturated carbocycles. The fourth-order valence-electron chi connectivity index (χ4n) is 4.47. The van der Waals surface area contributed by atoms with Crippen LogP contribution in [0.4, 0.5) is 4.39 Å². The summed E-state index contributed by atoms with van der Waals surface area (Å²) in [7, 11) is 0. The lowest BCUT2D eigenvalue weighted by atomic mass is 9.72. The van der Waals surface area contributed by atoms with E-state index in [1.54, 1.807) is 35.4 Å². The first kappa shape index (κ1) is 19.6. The number of hydrogen-bond donors (Lipinski definition) is 0. The maximum atomic E-state index is 14.7. The van der Waals surface area contributed by atoms with Crippen molar-refractivity contribution in [1.82, 2.24) is 14.8 Å². The van der Waals surface area contributed by atoms with Gasteiger partial charge in [0.1, 0.15) is 0 Å². The number of pyridine rings is 1. The summed E-state index contributed by atoms with van der Waals surface area (Å²) in [4.78, 5) is 32.9. The van der Waals surface area contributed by atoms with Crippen LogP contribution in [0.15, 0.2) is 54.7 Å². The molecule has 2 amide bonds. The van der Waals surface area contributed by atoms with Crippen LogP contribution in [0.2, 0.25) is 0 Å². The Balaban J connectivity index is 1.37. The Morgan fingerprint density at radius 1 is 1.07 bits per heavy atom. The van der Waals surface area contributed by atoms with Crippen LogP contribution in [0.3, 0.4) is 0 Å². The lowest BCUT2D eigenvalue weighted by Gasteiger charge is -2.47. The van der Waals surface area contributed by atoms with E-state index in [9.17, 15) is 14.0 Å². The summed E-state index contributed by atoms with van der Waals surface area (Å²) >= 11 is 0. The summed E-state index contributed by atoms with van der Waals surface area (Å²) in [5.74, 6) is -0.295. The van der Waals surface area contributed by atoms with Gasteiger partial charge in [0.2, 0.25) is 12.1 Å². The minimum absolute atomic E-state index is 0.0119. The highest BCUT2D eigenvalue weighted by molar-refractivity contribution is 5.82. The third kappa shape index (κ3) is 4.31. The molecule has 0 aliphatic carbocycles. The van der Waals surface area contributed by atoms with Gasteiger partial charge < -0.3 is 9.80 Å². The highest BCUT2D eigenvalue weighted by atomic mass is 19.1. The van der Waals surface area contributed by atoms with Crippen molar-refractivity contribution >= 4 is 11.8 Å². The van der Waals surface area contributed by atoms with Crippen LogP contribution in [-0.4, -0.2) is 46.2 Å². The van der Waals surface area contributed by atoms with Crippen molar-refractivity contribution < 1.29 is 14.0 Å². The summed E-state index contributed by atoms with van der Waals surface area (Å²) in [6.45, 7) is 2.28. The molecular formula is C23H26FN3O2. The standard InChI is InChI=1S/C23H26FN3O2/c24-21(18-6-2-1-3-7-18)22(29)26-14-11-23(12-15-26)10-9-20(28)27(17-23)16-19-8-4-5-13-25-19/h1-8,13,21H,9-12,14-17H2/t21-/m0/s1. The normalized spacial score (nSPS) is 20.0. The van der Waals surface area contributed by atoms with E-state index in [4.69, 9.17) is 0 Å². The molecule has 0 bridgehead atoms. The van der Waals surface area contributed by atoms with Crippen LogP contribution in [0.1, 0.15) is 43.1 Å². The molecule has 1 atom stereocenters. The Morgan fingerprint density at radius 3 is 2.48 bits per heavy atom. The number of nitrogens with zero attached hydrogens (tertiary/aromatic N) is 3. The number of amides is 2. The fourth-order valence-corrected chi connectivity index (χ4v) is 4.47. The molecule has 2 aliphatic rings. The highest BCUT2D eigenvalue weighted by Crippen LogP contribution is 2.41. The van der Waals surface area contributed by atoms with E-state index in [1.807, 2.05) is 29.2 Å². The number of carbonyl (C=O) groups excluding carboxylic acids is 2. The minimum Gasteiger partial charge on any atom is -0.340 e. The molecule has 2 aromatic rings. The molecule has 0 N–H and O–H groups in total. The Bertz CT molecular complexity index is 851. The van der Waals surface area contributed by atoms with Crippen LogP contribution in [0.25, 0.3) is 0 Å². The number of likely N-dealkylation sites (tertiary alicyclic amines) is 2. The molecule has 2 aliphatic heterocycles. The van der Waals surface area contributed by atoms with E-state index in [0.29, 0.717) is 38.2 Å². The number of carbonyl (C=O) groups is 2. The molecular weight excluding hydrogens is 369 g/mol. The van der Waals surface area contributed by atoms with E-state index >= 15 is 0 Å². The van der Waals surface area contributed by atoms with Gasteiger partial charge in [-0.2, -0.15) is 0 Å². The van der Waals surface area contributed by atoms with Gasteiger partial charge in [-0.1, -0.05) is 36.4 Å². The third-order valence-electron chi connectivity index (χ3n) is 6.27. The lowest BCUT2D eigenvalue weighted by Crippen LogP contribution is -2.52. The molecule has 152 valence electrons. The molecule has 1 aromatic carbocycles. The fraction of sp³-hybridized carbons (Fsp3) is 0.435. The maximum absolute atomic E-state index is 14.7. The van der Waals surface area contributed by atoms with Crippen molar-refractivity contribution in [3.8, 4) is 0 Å². The number of piperidine rings is 2. The van der Waals surface area contributed by atoms with Gasteiger partial charge in [0, 0.05) is 32.3 Å². The van der Waals surface area contributed by atoms with Crippen molar-refractivity contribution in [3.63, 3.8) is 0 Å². The summed E-state index contributed by atoms with van der Waals surface area (Å²) in [6, 6.07) is 14.3. The second-order valence-electron chi connectivity index (χ2n) is 8.17. The van der Waals surface area contributed by atoms with E-state index < -0.39 is 12.1 Å². The highest BCUT2D eigenvalue weighted by Gasteiger charge is 2.42. The SMILES string of the molecule is O=C1CCC2(CCN(C(=O)[C@@H](F)c3ccccc3)CC2)CN1Cc1ccccn1. The number of halogens is 1. The molecule has 1 spiro atoms. The zero-order chi connectivity index (χ0) is 20.3. The number of aromatic nitrogens is 1. The Hall–Kier alpha value is -2.76.